The minimum Gasteiger partial charge on any atom is -0.368 e. The Morgan fingerprint density at radius 3 is 2.63 bits per heavy atom. The van der Waals surface area contributed by atoms with E-state index in [1.807, 2.05) is 19.2 Å². The molecule has 1 aromatic rings. The van der Waals surface area contributed by atoms with Crippen molar-refractivity contribution in [2.45, 2.75) is 24.8 Å². The predicted molar refractivity (Wildman–Crippen MR) is 74.3 cm³/mol. The molecular weight excluding hydrogens is 240 g/mol. The predicted octanol–water partition coefficient (Wildman–Crippen LogP) is 0.149. The van der Waals surface area contributed by atoms with Gasteiger partial charge in [-0.15, -0.1) is 0 Å². The molecule has 5 heteroatoms. The number of aromatic nitrogens is 1. The number of pyridine rings is 1. The maximum atomic E-state index is 11.6. The maximum Gasteiger partial charge on any atom is 0.239 e. The van der Waals surface area contributed by atoms with Gasteiger partial charge in [-0.05, 0) is 49.9 Å². The van der Waals surface area contributed by atoms with Crippen molar-refractivity contribution in [1.82, 2.24) is 9.88 Å². The molecule has 1 fully saturated rings. The summed E-state index contributed by atoms with van der Waals surface area (Å²) in [5.74, 6) is -0.126. The smallest absolute Gasteiger partial charge is 0.239 e. The van der Waals surface area contributed by atoms with E-state index in [4.69, 9.17) is 11.5 Å². The Labute approximate surface area is 114 Å². The summed E-state index contributed by atoms with van der Waals surface area (Å²) in [4.78, 5) is 17.7. The topological polar surface area (TPSA) is 85.2 Å². The van der Waals surface area contributed by atoms with Crippen LogP contribution in [0.2, 0.25) is 0 Å². The van der Waals surface area contributed by atoms with E-state index in [-0.39, 0.29) is 11.8 Å². The van der Waals surface area contributed by atoms with Gasteiger partial charge in [-0.1, -0.05) is 0 Å². The molecule has 1 saturated carbocycles. The van der Waals surface area contributed by atoms with Crippen molar-refractivity contribution in [2.75, 3.05) is 20.1 Å². The first-order valence-corrected chi connectivity index (χ1v) is 6.68. The Morgan fingerprint density at radius 1 is 1.47 bits per heavy atom. The van der Waals surface area contributed by atoms with Crippen LogP contribution in [0.3, 0.4) is 0 Å². The molecule has 104 valence electrons. The average Bonchev–Trinajstić information content (AvgIpc) is 3.22. The third-order valence-electron chi connectivity index (χ3n) is 3.83. The molecule has 19 heavy (non-hydrogen) atoms. The van der Waals surface area contributed by atoms with Crippen molar-refractivity contribution in [3.8, 4) is 0 Å². The number of carbonyl (C=O) groups is 1. The van der Waals surface area contributed by atoms with Crippen molar-refractivity contribution in [2.24, 2.45) is 17.4 Å². The molecule has 0 radical (unpaired) electrons. The molecule has 0 bridgehead atoms. The maximum absolute atomic E-state index is 11.6. The molecule has 1 heterocycles. The lowest BCUT2D eigenvalue weighted by Gasteiger charge is -2.31. The number of hydrogen-bond donors (Lipinski definition) is 2. The summed E-state index contributed by atoms with van der Waals surface area (Å²) in [6, 6.07) is 4.00. The van der Waals surface area contributed by atoms with E-state index >= 15 is 0 Å². The first kappa shape index (κ1) is 14.0. The van der Waals surface area contributed by atoms with Crippen LogP contribution in [0.4, 0.5) is 0 Å². The highest BCUT2D eigenvalue weighted by atomic mass is 16.1. The van der Waals surface area contributed by atoms with Crippen molar-refractivity contribution < 1.29 is 4.79 Å². The highest BCUT2D eigenvalue weighted by Gasteiger charge is 2.47. The number of hydrogen-bond acceptors (Lipinski definition) is 4. The van der Waals surface area contributed by atoms with Gasteiger partial charge in [0.2, 0.25) is 5.91 Å². The Hall–Kier alpha value is -1.46. The number of likely N-dealkylation sites (N-methyl/N-ethyl adjacent to an activating group) is 1. The third-order valence-corrected chi connectivity index (χ3v) is 3.83. The molecule has 1 amide bonds. The molecule has 1 aliphatic rings. The fourth-order valence-corrected chi connectivity index (χ4v) is 2.40. The number of amides is 1. The largest absolute Gasteiger partial charge is 0.368 e. The Kier molecular flexibility index (Phi) is 4.17. The molecular formula is C14H22N4O. The zero-order valence-corrected chi connectivity index (χ0v) is 11.4. The molecule has 0 aromatic carbocycles. The zero-order valence-electron chi connectivity index (χ0n) is 11.4. The van der Waals surface area contributed by atoms with Crippen LogP contribution in [0.1, 0.15) is 18.4 Å². The third kappa shape index (κ3) is 3.52. The van der Waals surface area contributed by atoms with Gasteiger partial charge in [-0.3, -0.25) is 9.78 Å². The van der Waals surface area contributed by atoms with Crippen LogP contribution in [-0.4, -0.2) is 41.5 Å². The summed E-state index contributed by atoms with van der Waals surface area (Å²) in [5, 5.41) is 0. The summed E-state index contributed by atoms with van der Waals surface area (Å²) in [6.45, 7) is 1.38. The number of primary amides is 1. The molecule has 1 aliphatic carbocycles. The summed E-state index contributed by atoms with van der Waals surface area (Å²) in [5.41, 5.74) is 12.0. The molecule has 1 aromatic heterocycles. The second-order valence-electron chi connectivity index (χ2n) is 5.52. The summed E-state index contributed by atoms with van der Waals surface area (Å²) in [6.07, 6.45) is 6.51. The number of nitrogens with two attached hydrogens (primary N) is 2. The monoisotopic (exact) mass is 262 g/mol. The second kappa shape index (κ2) is 5.67. The lowest BCUT2D eigenvalue weighted by molar-refractivity contribution is -0.124. The molecule has 0 spiro atoms. The van der Waals surface area contributed by atoms with E-state index in [2.05, 4.69) is 9.88 Å². The first-order chi connectivity index (χ1) is 9.02. The quantitative estimate of drug-likeness (QED) is 0.732. The van der Waals surface area contributed by atoms with Crippen LogP contribution in [0.5, 0.6) is 0 Å². The molecule has 4 N–H and O–H groups in total. The van der Waals surface area contributed by atoms with E-state index in [0.717, 1.165) is 25.8 Å². The van der Waals surface area contributed by atoms with Crippen molar-refractivity contribution in [3.05, 3.63) is 30.1 Å². The summed E-state index contributed by atoms with van der Waals surface area (Å²) in [7, 11) is 1.98. The molecule has 1 unspecified atom stereocenters. The number of nitrogens with zero attached hydrogens (tertiary/aromatic N) is 2. The number of rotatable bonds is 7. The van der Waals surface area contributed by atoms with Crippen molar-refractivity contribution in [3.63, 3.8) is 0 Å². The Morgan fingerprint density at radius 2 is 2.11 bits per heavy atom. The SMILES string of the molecule is CN(CCc1ccncc1)CC(N)(C(N)=O)C1CC1. The molecule has 1 atom stereocenters. The highest BCUT2D eigenvalue weighted by molar-refractivity contribution is 5.85. The van der Waals surface area contributed by atoms with Crippen LogP contribution in [0, 0.1) is 5.92 Å². The van der Waals surface area contributed by atoms with Crippen LogP contribution in [-0.2, 0) is 11.2 Å². The normalized spacial score (nSPS) is 18.3. The van der Waals surface area contributed by atoms with Gasteiger partial charge in [0.15, 0.2) is 0 Å². The van der Waals surface area contributed by atoms with Gasteiger partial charge in [-0.25, -0.2) is 0 Å². The minimum absolute atomic E-state index is 0.258. The minimum atomic E-state index is -0.868. The molecule has 0 saturated heterocycles. The highest BCUT2D eigenvalue weighted by Crippen LogP contribution is 2.38. The van der Waals surface area contributed by atoms with E-state index in [9.17, 15) is 4.79 Å². The Balaban J connectivity index is 1.86. The van der Waals surface area contributed by atoms with E-state index in [0.29, 0.717) is 6.54 Å². The fourth-order valence-electron chi connectivity index (χ4n) is 2.40. The van der Waals surface area contributed by atoms with Gasteiger partial charge in [0, 0.05) is 25.5 Å². The zero-order chi connectivity index (χ0) is 13.9. The summed E-state index contributed by atoms with van der Waals surface area (Å²) >= 11 is 0. The van der Waals surface area contributed by atoms with Gasteiger partial charge < -0.3 is 16.4 Å². The van der Waals surface area contributed by atoms with Gasteiger partial charge in [-0.2, -0.15) is 0 Å². The fraction of sp³-hybridized carbons (Fsp3) is 0.571. The van der Waals surface area contributed by atoms with E-state index in [1.165, 1.54) is 5.56 Å². The van der Waals surface area contributed by atoms with Crippen molar-refractivity contribution >= 4 is 5.91 Å². The van der Waals surface area contributed by atoms with Crippen LogP contribution in [0.25, 0.3) is 0 Å². The Bertz CT molecular complexity index is 432. The molecule has 0 aliphatic heterocycles. The van der Waals surface area contributed by atoms with Gasteiger partial charge in [0.1, 0.15) is 5.54 Å². The second-order valence-corrected chi connectivity index (χ2v) is 5.52. The lowest BCUT2D eigenvalue weighted by Crippen LogP contribution is -2.60. The van der Waals surface area contributed by atoms with Gasteiger partial charge in [0.25, 0.3) is 0 Å². The van der Waals surface area contributed by atoms with E-state index in [1.54, 1.807) is 12.4 Å². The van der Waals surface area contributed by atoms with Crippen molar-refractivity contribution in [1.29, 1.82) is 0 Å². The van der Waals surface area contributed by atoms with Gasteiger partial charge >= 0.3 is 0 Å². The lowest BCUT2D eigenvalue weighted by atomic mass is 9.93. The summed E-state index contributed by atoms with van der Waals surface area (Å²) < 4.78 is 0. The average molecular weight is 262 g/mol. The van der Waals surface area contributed by atoms with Crippen LogP contribution >= 0.6 is 0 Å². The standard InChI is InChI=1S/C14H22N4O/c1-18(9-6-11-4-7-17-8-5-11)10-14(16,13(15)19)12-2-3-12/h4-5,7-8,12H,2-3,6,9-10,16H2,1H3,(H2,15,19). The van der Waals surface area contributed by atoms with Crippen LogP contribution in [0.15, 0.2) is 24.5 Å². The van der Waals surface area contributed by atoms with Crippen LogP contribution < -0.4 is 11.5 Å². The van der Waals surface area contributed by atoms with E-state index < -0.39 is 5.54 Å². The number of carbonyl (C=O) groups excluding carboxylic acids is 1. The molecule has 5 nitrogen and oxygen atoms in total. The van der Waals surface area contributed by atoms with Gasteiger partial charge in [0.05, 0.1) is 0 Å². The molecule has 2 rings (SSSR count). The first-order valence-electron chi connectivity index (χ1n) is 6.68.